The van der Waals surface area contributed by atoms with Gasteiger partial charge in [-0.15, -0.1) is 11.3 Å². The van der Waals surface area contributed by atoms with Gasteiger partial charge in [-0.2, -0.15) is 0 Å². The Morgan fingerprint density at radius 2 is 2.24 bits per heavy atom. The number of hydrogen-bond donors (Lipinski definition) is 1. The maximum absolute atomic E-state index is 10.8. The number of carbonyl (C=O) groups is 1. The van der Waals surface area contributed by atoms with Crippen LogP contribution in [0.5, 0.6) is 5.75 Å². The molecule has 0 saturated heterocycles. The highest BCUT2D eigenvalue weighted by molar-refractivity contribution is 7.15. The molecule has 108 valence electrons. The van der Waals surface area contributed by atoms with E-state index in [9.17, 15) is 4.79 Å². The van der Waals surface area contributed by atoms with E-state index in [0.717, 1.165) is 22.0 Å². The number of carboxylic acid groups (broad SMARTS) is 1. The smallest absolute Gasteiger partial charge is 0.309 e. The van der Waals surface area contributed by atoms with Gasteiger partial charge < -0.3 is 9.84 Å². The van der Waals surface area contributed by atoms with Gasteiger partial charge >= 0.3 is 5.97 Å². The molecule has 6 heteroatoms. The van der Waals surface area contributed by atoms with Crippen molar-refractivity contribution in [2.45, 2.75) is 13.3 Å². The summed E-state index contributed by atoms with van der Waals surface area (Å²) in [5.74, 6) is -0.0646. The van der Waals surface area contributed by atoms with E-state index in [1.54, 1.807) is 6.20 Å². The third-order valence-corrected chi connectivity index (χ3v) is 3.89. The maximum Gasteiger partial charge on any atom is 0.309 e. The lowest BCUT2D eigenvalue weighted by molar-refractivity contribution is -0.136. The van der Waals surface area contributed by atoms with E-state index >= 15 is 0 Å². The van der Waals surface area contributed by atoms with Crippen LogP contribution in [0, 0.1) is 0 Å². The molecule has 1 N–H and O–H groups in total. The summed E-state index contributed by atoms with van der Waals surface area (Å²) in [4.78, 5) is 15.9. The van der Waals surface area contributed by atoms with E-state index in [1.807, 2.05) is 41.0 Å². The molecule has 21 heavy (non-hydrogen) atoms. The lowest BCUT2D eigenvalue weighted by Crippen LogP contribution is -1.99. The molecule has 0 spiro atoms. The highest BCUT2D eigenvalue weighted by Crippen LogP contribution is 2.33. The molecule has 0 atom stereocenters. The Bertz CT molecular complexity index is 791. The zero-order chi connectivity index (χ0) is 14.8. The first-order chi connectivity index (χ1) is 10.2. The second-order valence-electron chi connectivity index (χ2n) is 4.51. The minimum absolute atomic E-state index is 0.0685. The van der Waals surface area contributed by atoms with Crippen LogP contribution in [-0.2, 0) is 11.2 Å². The van der Waals surface area contributed by atoms with Crippen LogP contribution in [0.3, 0.4) is 0 Å². The number of carboxylic acids is 1. The number of para-hydroxylation sites is 1. The van der Waals surface area contributed by atoms with Gasteiger partial charge in [-0.3, -0.25) is 9.20 Å². The first kappa shape index (κ1) is 13.6. The van der Waals surface area contributed by atoms with Crippen LogP contribution in [0.1, 0.15) is 12.6 Å². The highest BCUT2D eigenvalue weighted by Gasteiger charge is 2.14. The van der Waals surface area contributed by atoms with Gasteiger partial charge in [-0.05, 0) is 19.1 Å². The zero-order valence-electron chi connectivity index (χ0n) is 11.4. The number of fused-ring (bicyclic) bond motifs is 1. The predicted octanol–water partition coefficient (Wildman–Crippen LogP) is 3.09. The van der Waals surface area contributed by atoms with Crippen molar-refractivity contribution in [2.24, 2.45) is 0 Å². The normalized spacial score (nSPS) is 10.9. The molecule has 0 bridgehead atoms. The summed E-state index contributed by atoms with van der Waals surface area (Å²) in [6.07, 6.45) is 1.71. The van der Waals surface area contributed by atoms with Gasteiger partial charge in [0.2, 0.25) is 0 Å². The summed E-state index contributed by atoms with van der Waals surface area (Å²) in [6, 6.07) is 7.80. The number of thiazole rings is 1. The number of ether oxygens (including phenoxy) is 1. The molecule has 0 unspecified atom stereocenters. The van der Waals surface area contributed by atoms with Crippen LogP contribution >= 0.6 is 11.3 Å². The van der Waals surface area contributed by atoms with Crippen LogP contribution in [-0.4, -0.2) is 27.1 Å². The van der Waals surface area contributed by atoms with Crippen LogP contribution in [0.15, 0.2) is 35.8 Å². The number of imidazole rings is 1. The van der Waals surface area contributed by atoms with Crippen LogP contribution in [0.2, 0.25) is 0 Å². The minimum atomic E-state index is -0.878. The van der Waals surface area contributed by atoms with Gasteiger partial charge in [-0.1, -0.05) is 12.1 Å². The number of aromatic nitrogens is 2. The maximum atomic E-state index is 10.8. The minimum Gasteiger partial charge on any atom is -0.493 e. The third kappa shape index (κ3) is 2.62. The Morgan fingerprint density at radius 3 is 3.00 bits per heavy atom. The summed E-state index contributed by atoms with van der Waals surface area (Å²) in [7, 11) is 0. The molecule has 2 heterocycles. The summed E-state index contributed by atoms with van der Waals surface area (Å²) in [6.45, 7) is 2.54. The average molecular weight is 302 g/mol. The highest BCUT2D eigenvalue weighted by atomic mass is 32.1. The van der Waals surface area contributed by atoms with Gasteiger partial charge in [0.15, 0.2) is 4.96 Å². The van der Waals surface area contributed by atoms with Crippen molar-refractivity contribution in [1.29, 1.82) is 0 Å². The van der Waals surface area contributed by atoms with E-state index in [0.29, 0.717) is 12.3 Å². The molecule has 0 radical (unpaired) electrons. The van der Waals surface area contributed by atoms with E-state index in [-0.39, 0.29) is 6.42 Å². The quantitative estimate of drug-likeness (QED) is 0.786. The Balaban J connectivity index is 2.08. The molecule has 0 aliphatic carbocycles. The summed E-state index contributed by atoms with van der Waals surface area (Å²) in [5, 5.41) is 10.9. The van der Waals surface area contributed by atoms with Gasteiger partial charge in [-0.25, -0.2) is 4.98 Å². The Hall–Kier alpha value is -2.34. The molecule has 0 fully saturated rings. The van der Waals surface area contributed by atoms with Crippen molar-refractivity contribution < 1.29 is 14.6 Å². The van der Waals surface area contributed by atoms with E-state index in [2.05, 4.69) is 4.98 Å². The van der Waals surface area contributed by atoms with Gasteiger partial charge in [0, 0.05) is 17.1 Å². The molecule has 0 saturated carbocycles. The Kier molecular flexibility index (Phi) is 3.62. The third-order valence-electron chi connectivity index (χ3n) is 3.05. The average Bonchev–Trinajstić information content (AvgIpc) is 2.99. The molecule has 0 aliphatic rings. The summed E-state index contributed by atoms with van der Waals surface area (Å²) >= 11 is 1.49. The Labute approximate surface area is 125 Å². The summed E-state index contributed by atoms with van der Waals surface area (Å²) in [5.41, 5.74) is 2.50. The second kappa shape index (κ2) is 5.57. The van der Waals surface area contributed by atoms with E-state index < -0.39 is 5.97 Å². The molecule has 1 aromatic carbocycles. The standard InChI is InChI=1S/C15H14N2O3S/c1-2-20-13-6-4-3-5-11(13)12-9-21-15-16-10(7-14(18)19)8-17(12)15/h3-6,8-9H,2,7H2,1H3,(H,18,19). The van der Waals surface area contributed by atoms with Crippen molar-refractivity contribution >= 4 is 22.3 Å². The molecular formula is C15H14N2O3S. The zero-order valence-corrected chi connectivity index (χ0v) is 12.3. The number of aliphatic carboxylic acids is 1. The monoisotopic (exact) mass is 302 g/mol. The SMILES string of the molecule is CCOc1ccccc1-c1csc2nc(CC(=O)O)cn12. The number of rotatable bonds is 5. The largest absolute Gasteiger partial charge is 0.493 e. The first-order valence-corrected chi connectivity index (χ1v) is 7.46. The number of nitrogens with zero attached hydrogens (tertiary/aromatic N) is 2. The fourth-order valence-electron chi connectivity index (χ4n) is 2.22. The second-order valence-corrected chi connectivity index (χ2v) is 5.34. The van der Waals surface area contributed by atoms with E-state index in [1.165, 1.54) is 11.3 Å². The fraction of sp³-hybridized carbons (Fsp3) is 0.200. The van der Waals surface area contributed by atoms with Gasteiger partial charge in [0.25, 0.3) is 0 Å². The van der Waals surface area contributed by atoms with Crippen LogP contribution < -0.4 is 4.74 Å². The lowest BCUT2D eigenvalue weighted by atomic mass is 10.1. The van der Waals surface area contributed by atoms with Crippen molar-refractivity contribution in [3.63, 3.8) is 0 Å². The fourth-order valence-corrected chi connectivity index (χ4v) is 3.12. The molecule has 3 rings (SSSR count). The molecule has 3 aromatic rings. The summed E-state index contributed by atoms with van der Waals surface area (Å²) < 4.78 is 7.58. The Morgan fingerprint density at radius 1 is 1.43 bits per heavy atom. The number of benzene rings is 1. The van der Waals surface area contributed by atoms with Crippen molar-refractivity contribution in [3.05, 3.63) is 41.5 Å². The molecule has 2 aromatic heterocycles. The molecular weight excluding hydrogens is 288 g/mol. The molecule has 5 nitrogen and oxygen atoms in total. The van der Waals surface area contributed by atoms with E-state index in [4.69, 9.17) is 9.84 Å². The van der Waals surface area contributed by atoms with Crippen molar-refractivity contribution in [1.82, 2.24) is 9.38 Å². The number of hydrogen-bond acceptors (Lipinski definition) is 4. The van der Waals surface area contributed by atoms with Crippen molar-refractivity contribution in [2.75, 3.05) is 6.61 Å². The lowest BCUT2D eigenvalue weighted by Gasteiger charge is -2.08. The molecule has 0 amide bonds. The van der Waals surface area contributed by atoms with Crippen molar-refractivity contribution in [3.8, 4) is 17.0 Å². The van der Waals surface area contributed by atoms with Crippen LogP contribution in [0.4, 0.5) is 0 Å². The topological polar surface area (TPSA) is 63.8 Å². The van der Waals surface area contributed by atoms with Gasteiger partial charge in [0.1, 0.15) is 5.75 Å². The predicted molar refractivity (Wildman–Crippen MR) is 81.0 cm³/mol. The van der Waals surface area contributed by atoms with Crippen LogP contribution in [0.25, 0.3) is 16.2 Å². The van der Waals surface area contributed by atoms with Gasteiger partial charge in [0.05, 0.1) is 24.4 Å². The first-order valence-electron chi connectivity index (χ1n) is 6.58. The molecule has 0 aliphatic heterocycles.